The highest BCUT2D eigenvalue weighted by Gasteiger charge is 2.08. The average Bonchev–Trinajstić information content (AvgIpc) is 2.99. The molecule has 3 heterocycles. The van der Waals surface area contributed by atoms with Crippen molar-refractivity contribution < 1.29 is 5.11 Å². The Morgan fingerprint density at radius 1 is 1.25 bits per heavy atom. The van der Waals surface area contributed by atoms with E-state index in [1.54, 1.807) is 48.1 Å². The summed E-state index contributed by atoms with van der Waals surface area (Å²) in [4.78, 5) is 4.13. The Bertz CT molecular complexity index is 703. The lowest BCUT2D eigenvalue weighted by Gasteiger charge is -2.00. The summed E-state index contributed by atoms with van der Waals surface area (Å²) in [7, 11) is 3.60. The number of hydrogen-bond acceptors (Lipinski definition) is 5. The van der Waals surface area contributed by atoms with Gasteiger partial charge in [-0.3, -0.25) is 9.36 Å². The molecule has 0 aliphatic carbocycles. The molecule has 0 spiro atoms. The fraction of sp³-hybridized carbons (Fsp3) is 0.250. The maximum Gasteiger partial charge on any atom is 0.158 e. The van der Waals surface area contributed by atoms with Gasteiger partial charge in [0.05, 0.1) is 29.4 Å². The molecule has 0 amide bonds. The number of pyridine rings is 1. The molecule has 0 atom stereocenters. The van der Waals surface area contributed by atoms with Crippen LogP contribution in [-0.4, -0.2) is 29.7 Å². The van der Waals surface area contributed by atoms with Crippen LogP contribution in [0.5, 0.6) is 0 Å². The summed E-state index contributed by atoms with van der Waals surface area (Å²) in [5.74, 6) is 0.694. The van der Waals surface area contributed by atoms with Gasteiger partial charge in [-0.1, -0.05) is 11.6 Å². The highest BCUT2D eigenvalue weighted by atomic mass is 35.5. The molecular weight excluding hydrogens is 280 g/mol. The summed E-state index contributed by atoms with van der Waals surface area (Å²) in [6.45, 7) is -0.101. The van der Waals surface area contributed by atoms with Crippen molar-refractivity contribution in [2.24, 2.45) is 14.1 Å². The Hall–Kier alpha value is -2.12. The number of aliphatic hydroxyl groups is 1. The number of aryl methyl sites for hydroxylation is 2. The molecule has 3 aromatic rings. The number of aliphatic hydroxyl groups excluding tert-OH is 1. The van der Waals surface area contributed by atoms with E-state index >= 15 is 0 Å². The quantitative estimate of drug-likeness (QED) is 0.701. The Kier molecular flexibility index (Phi) is 4.21. The molecule has 0 aliphatic rings. The fourth-order valence-corrected chi connectivity index (χ4v) is 1.84. The standard InChI is InChI=1S/C8H8ClN3O.C4H7N3/c1-12-8-6(3-11-12)7(9)5(4-13)2-10-8;1-7-4(5)2-3-6-7/h2-3,13H,4H2,1H3;2-3H,5H2,1H3. The number of rotatable bonds is 1. The Labute approximate surface area is 120 Å². The minimum Gasteiger partial charge on any atom is -0.392 e. The summed E-state index contributed by atoms with van der Waals surface area (Å²) in [5, 5.41) is 18.1. The van der Waals surface area contributed by atoms with E-state index < -0.39 is 0 Å². The summed E-state index contributed by atoms with van der Waals surface area (Å²) < 4.78 is 3.25. The lowest BCUT2D eigenvalue weighted by Crippen LogP contribution is -1.95. The SMILES string of the molecule is Cn1ncc2c(Cl)c(CO)cnc21.Cn1nccc1N. The number of nitrogen functional groups attached to an aromatic ring is 1. The highest BCUT2D eigenvalue weighted by molar-refractivity contribution is 6.35. The number of fused-ring (bicyclic) bond motifs is 1. The van der Waals surface area contributed by atoms with E-state index in [0.717, 1.165) is 11.0 Å². The van der Waals surface area contributed by atoms with Gasteiger partial charge in [0.15, 0.2) is 5.65 Å². The molecule has 0 fully saturated rings. The summed E-state index contributed by atoms with van der Waals surface area (Å²) in [6, 6.07) is 1.75. The first kappa shape index (κ1) is 14.3. The molecule has 0 bridgehead atoms. The zero-order valence-electron chi connectivity index (χ0n) is 11.2. The van der Waals surface area contributed by atoms with Crippen molar-refractivity contribution in [1.82, 2.24) is 24.5 Å². The third-order valence-corrected chi connectivity index (χ3v) is 3.24. The normalized spacial score (nSPS) is 10.4. The van der Waals surface area contributed by atoms with Crippen molar-refractivity contribution in [3.05, 3.63) is 35.2 Å². The molecule has 20 heavy (non-hydrogen) atoms. The third kappa shape index (κ3) is 2.73. The molecule has 0 saturated carbocycles. The molecule has 3 N–H and O–H groups in total. The van der Waals surface area contributed by atoms with E-state index in [-0.39, 0.29) is 6.61 Å². The van der Waals surface area contributed by atoms with Crippen molar-refractivity contribution >= 4 is 28.5 Å². The van der Waals surface area contributed by atoms with Crippen LogP contribution in [0, 0.1) is 0 Å². The largest absolute Gasteiger partial charge is 0.392 e. The van der Waals surface area contributed by atoms with Crippen molar-refractivity contribution in [1.29, 1.82) is 0 Å². The number of aromatic nitrogens is 5. The van der Waals surface area contributed by atoms with Crippen LogP contribution in [0.3, 0.4) is 0 Å². The molecule has 0 aromatic carbocycles. The van der Waals surface area contributed by atoms with Crippen LogP contribution >= 0.6 is 11.6 Å². The second-order valence-electron chi connectivity index (χ2n) is 4.14. The molecule has 7 nitrogen and oxygen atoms in total. The van der Waals surface area contributed by atoms with Crippen LogP contribution in [-0.2, 0) is 20.7 Å². The van der Waals surface area contributed by atoms with Gasteiger partial charge in [-0.25, -0.2) is 4.98 Å². The zero-order chi connectivity index (χ0) is 14.7. The van der Waals surface area contributed by atoms with Crippen molar-refractivity contribution in [3.63, 3.8) is 0 Å². The number of halogens is 1. The number of hydrogen-bond donors (Lipinski definition) is 2. The summed E-state index contributed by atoms with van der Waals surface area (Å²) in [6.07, 6.45) is 4.87. The second-order valence-corrected chi connectivity index (χ2v) is 4.52. The van der Waals surface area contributed by atoms with E-state index in [4.69, 9.17) is 22.4 Å². The number of nitrogens with two attached hydrogens (primary N) is 1. The van der Waals surface area contributed by atoms with Crippen molar-refractivity contribution in [2.45, 2.75) is 6.61 Å². The maximum absolute atomic E-state index is 8.93. The first-order chi connectivity index (χ1) is 9.54. The van der Waals surface area contributed by atoms with Crippen molar-refractivity contribution in [2.75, 3.05) is 5.73 Å². The zero-order valence-corrected chi connectivity index (χ0v) is 11.9. The first-order valence-corrected chi connectivity index (χ1v) is 6.21. The van der Waals surface area contributed by atoms with E-state index in [9.17, 15) is 0 Å². The lowest BCUT2D eigenvalue weighted by molar-refractivity contribution is 0.281. The van der Waals surface area contributed by atoms with Crippen LogP contribution < -0.4 is 5.73 Å². The minimum absolute atomic E-state index is 0.101. The molecule has 0 unspecified atom stereocenters. The van der Waals surface area contributed by atoms with Gasteiger partial charge < -0.3 is 10.8 Å². The third-order valence-electron chi connectivity index (χ3n) is 2.80. The van der Waals surface area contributed by atoms with Crippen LogP contribution in [0.4, 0.5) is 5.82 Å². The lowest BCUT2D eigenvalue weighted by atomic mass is 10.2. The highest BCUT2D eigenvalue weighted by Crippen LogP contribution is 2.24. The van der Waals surface area contributed by atoms with Gasteiger partial charge in [0, 0.05) is 25.9 Å². The molecule has 0 radical (unpaired) electrons. The van der Waals surface area contributed by atoms with Gasteiger partial charge >= 0.3 is 0 Å². The minimum atomic E-state index is -0.101. The maximum atomic E-state index is 8.93. The van der Waals surface area contributed by atoms with Crippen LogP contribution in [0.15, 0.2) is 24.7 Å². The topological polar surface area (TPSA) is 94.8 Å². The van der Waals surface area contributed by atoms with E-state index in [1.807, 2.05) is 0 Å². The Morgan fingerprint density at radius 2 is 2.00 bits per heavy atom. The van der Waals surface area contributed by atoms with Gasteiger partial charge in [0.2, 0.25) is 0 Å². The van der Waals surface area contributed by atoms with Crippen LogP contribution in [0.25, 0.3) is 11.0 Å². The Morgan fingerprint density at radius 3 is 2.50 bits per heavy atom. The van der Waals surface area contributed by atoms with Gasteiger partial charge in [0.25, 0.3) is 0 Å². The number of anilines is 1. The summed E-state index contributed by atoms with van der Waals surface area (Å²) in [5.41, 5.74) is 6.69. The van der Waals surface area contributed by atoms with Crippen molar-refractivity contribution in [3.8, 4) is 0 Å². The predicted molar refractivity (Wildman–Crippen MR) is 77.1 cm³/mol. The van der Waals surface area contributed by atoms with Gasteiger partial charge in [-0.2, -0.15) is 10.2 Å². The fourth-order valence-electron chi connectivity index (χ4n) is 1.60. The van der Waals surface area contributed by atoms with Crippen LogP contribution in [0.2, 0.25) is 5.02 Å². The first-order valence-electron chi connectivity index (χ1n) is 5.84. The van der Waals surface area contributed by atoms with Gasteiger partial charge in [-0.05, 0) is 6.07 Å². The molecular formula is C12H15ClN6O. The predicted octanol–water partition coefficient (Wildman–Crippen LogP) is 1.12. The molecule has 0 saturated heterocycles. The average molecular weight is 295 g/mol. The molecule has 106 valence electrons. The Balaban J connectivity index is 0.000000178. The second kappa shape index (κ2) is 5.89. The molecule has 3 rings (SSSR count). The summed E-state index contributed by atoms with van der Waals surface area (Å²) >= 11 is 6.00. The van der Waals surface area contributed by atoms with E-state index in [0.29, 0.717) is 16.4 Å². The van der Waals surface area contributed by atoms with E-state index in [1.165, 1.54) is 0 Å². The van der Waals surface area contributed by atoms with Gasteiger partial charge in [0.1, 0.15) is 5.82 Å². The monoisotopic (exact) mass is 294 g/mol. The smallest absolute Gasteiger partial charge is 0.158 e. The molecule has 8 heteroatoms. The molecule has 3 aromatic heterocycles. The van der Waals surface area contributed by atoms with Gasteiger partial charge in [-0.15, -0.1) is 0 Å². The van der Waals surface area contributed by atoms with Crippen LogP contribution in [0.1, 0.15) is 5.56 Å². The molecule has 0 aliphatic heterocycles. The van der Waals surface area contributed by atoms with E-state index in [2.05, 4.69) is 15.2 Å². The number of nitrogens with zero attached hydrogens (tertiary/aromatic N) is 5.